The molecule has 0 radical (unpaired) electrons. The SMILES string of the molecule is Cc1ccc(S(=O)(=O)N2CCCC(C(=O)NCC(c3ccsc3)N(C)C)C2)s1. The average Bonchev–Trinajstić information content (AvgIpc) is 3.34. The smallest absolute Gasteiger partial charge is 0.252 e. The first kappa shape index (κ1) is 21.4. The number of piperidine rings is 1. The van der Waals surface area contributed by atoms with Crippen LogP contribution in [-0.2, 0) is 14.8 Å². The van der Waals surface area contributed by atoms with Crippen LogP contribution in [0.1, 0.15) is 29.3 Å². The zero-order chi connectivity index (χ0) is 20.3. The van der Waals surface area contributed by atoms with Crippen LogP contribution in [0.3, 0.4) is 0 Å². The van der Waals surface area contributed by atoms with Gasteiger partial charge in [0.1, 0.15) is 4.21 Å². The molecule has 9 heteroatoms. The molecule has 1 aliphatic heterocycles. The average molecular weight is 442 g/mol. The first-order valence-electron chi connectivity index (χ1n) is 9.32. The minimum absolute atomic E-state index is 0.0654. The highest BCUT2D eigenvalue weighted by molar-refractivity contribution is 7.91. The van der Waals surface area contributed by atoms with E-state index in [1.807, 2.05) is 32.5 Å². The number of carbonyl (C=O) groups excluding carboxylic acids is 1. The van der Waals surface area contributed by atoms with Crippen molar-refractivity contribution >= 4 is 38.6 Å². The quantitative estimate of drug-likeness (QED) is 0.717. The van der Waals surface area contributed by atoms with E-state index in [9.17, 15) is 13.2 Å². The van der Waals surface area contributed by atoms with Gasteiger partial charge < -0.3 is 10.2 Å². The summed E-state index contributed by atoms with van der Waals surface area (Å²) in [4.78, 5) is 15.8. The molecule has 3 heterocycles. The number of sulfonamides is 1. The normalized spacial score (nSPS) is 19.6. The maximum Gasteiger partial charge on any atom is 0.252 e. The van der Waals surface area contributed by atoms with Crippen LogP contribution in [0, 0.1) is 12.8 Å². The van der Waals surface area contributed by atoms with Gasteiger partial charge in [-0.3, -0.25) is 4.79 Å². The first-order chi connectivity index (χ1) is 13.3. The number of hydrogen-bond donors (Lipinski definition) is 1. The van der Waals surface area contributed by atoms with Crippen LogP contribution >= 0.6 is 22.7 Å². The lowest BCUT2D eigenvalue weighted by Gasteiger charge is -2.31. The molecule has 1 aliphatic rings. The van der Waals surface area contributed by atoms with Gasteiger partial charge >= 0.3 is 0 Å². The molecule has 1 N–H and O–H groups in total. The van der Waals surface area contributed by atoms with Crippen molar-refractivity contribution in [3.63, 3.8) is 0 Å². The number of nitrogens with zero attached hydrogens (tertiary/aromatic N) is 2. The molecule has 2 unspecified atom stereocenters. The Morgan fingerprint density at radius 3 is 2.75 bits per heavy atom. The molecule has 1 fully saturated rings. The summed E-state index contributed by atoms with van der Waals surface area (Å²) >= 11 is 2.92. The highest BCUT2D eigenvalue weighted by Crippen LogP contribution is 2.28. The molecule has 0 saturated carbocycles. The number of aryl methyl sites for hydroxylation is 1. The molecule has 1 amide bonds. The zero-order valence-corrected chi connectivity index (χ0v) is 18.9. The van der Waals surface area contributed by atoms with Gasteiger partial charge in [0.25, 0.3) is 10.0 Å². The summed E-state index contributed by atoms with van der Waals surface area (Å²) < 4.78 is 27.6. The number of hydrogen-bond acceptors (Lipinski definition) is 6. The van der Waals surface area contributed by atoms with E-state index in [4.69, 9.17) is 0 Å². The van der Waals surface area contributed by atoms with Crippen molar-refractivity contribution in [2.45, 2.75) is 30.0 Å². The number of likely N-dealkylation sites (N-methyl/N-ethyl adjacent to an activating group) is 1. The van der Waals surface area contributed by atoms with E-state index in [1.54, 1.807) is 17.4 Å². The van der Waals surface area contributed by atoms with Crippen LogP contribution in [-0.4, -0.2) is 57.3 Å². The van der Waals surface area contributed by atoms with Crippen LogP contribution in [0.25, 0.3) is 0 Å². The van der Waals surface area contributed by atoms with Gasteiger partial charge in [-0.05, 0) is 68.4 Å². The van der Waals surface area contributed by atoms with Crippen LogP contribution < -0.4 is 5.32 Å². The fourth-order valence-corrected chi connectivity index (χ4v) is 7.13. The third-order valence-corrected chi connectivity index (χ3v) is 9.12. The van der Waals surface area contributed by atoms with E-state index in [0.29, 0.717) is 30.1 Å². The molecule has 0 bridgehead atoms. The van der Waals surface area contributed by atoms with Gasteiger partial charge in [-0.2, -0.15) is 15.6 Å². The fourth-order valence-electron chi connectivity index (χ4n) is 3.46. The Bertz CT molecular complexity index is 891. The molecule has 154 valence electrons. The van der Waals surface area contributed by atoms with Crippen LogP contribution in [0.2, 0.25) is 0 Å². The Labute approximate surface area is 175 Å². The predicted molar refractivity (Wildman–Crippen MR) is 114 cm³/mol. The number of thiophene rings is 2. The Balaban J connectivity index is 1.63. The summed E-state index contributed by atoms with van der Waals surface area (Å²) in [6, 6.07) is 5.64. The highest BCUT2D eigenvalue weighted by atomic mass is 32.2. The summed E-state index contributed by atoms with van der Waals surface area (Å²) in [5.74, 6) is -0.376. The van der Waals surface area contributed by atoms with E-state index in [-0.39, 0.29) is 24.4 Å². The molecule has 0 aliphatic carbocycles. The minimum atomic E-state index is -3.52. The second-order valence-electron chi connectivity index (χ2n) is 7.35. The largest absolute Gasteiger partial charge is 0.354 e. The second kappa shape index (κ2) is 9.04. The van der Waals surface area contributed by atoms with Crippen molar-refractivity contribution in [2.24, 2.45) is 5.92 Å². The summed E-state index contributed by atoms with van der Waals surface area (Å²) in [7, 11) is 0.462. The lowest BCUT2D eigenvalue weighted by molar-refractivity contribution is -0.126. The van der Waals surface area contributed by atoms with Gasteiger partial charge in [0.15, 0.2) is 0 Å². The predicted octanol–water partition coefficient (Wildman–Crippen LogP) is 2.94. The highest BCUT2D eigenvalue weighted by Gasteiger charge is 2.34. The molecule has 2 aromatic heterocycles. The van der Waals surface area contributed by atoms with Crippen molar-refractivity contribution in [2.75, 3.05) is 33.7 Å². The standard InChI is InChI=1S/C19H27N3O3S3/c1-14-6-7-18(27-14)28(24,25)22-9-4-5-15(12-22)19(23)20-11-17(21(2)3)16-8-10-26-13-16/h6-8,10,13,15,17H,4-5,9,11-12H2,1-3H3,(H,20,23). The van der Waals surface area contributed by atoms with Gasteiger partial charge in [-0.25, -0.2) is 8.42 Å². The molecule has 1 saturated heterocycles. The van der Waals surface area contributed by atoms with Crippen LogP contribution in [0.5, 0.6) is 0 Å². The van der Waals surface area contributed by atoms with E-state index in [2.05, 4.69) is 21.7 Å². The third kappa shape index (κ3) is 4.83. The molecule has 2 aromatic rings. The van der Waals surface area contributed by atoms with Crippen molar-refractivity contribution in [1.29, 1.82) is 0 Å². The number of rotatable bonds is 7. The summed E-state index contributed by atoms with van der Waals surface area (Å²) in [5, 5.41) is 7.17. The molecule has 0 aromatic carbocycles. The first-order valence-corrected chi connectivity index (χ1v) is 12.5. The summed E-state index contributed by atoms with van der Waals surface area (Å²) in [6.45, 7) is 3.12. The van der Waals surface area contributed by atoms with Crippen molar-refractivity contribution < 1.29 is 13.2 Å². The molecule has 3 rings (SSSR count). The number of nitrogens with one attached hydrogen (secondary N) is 1. The third-order valence-electron chi connectivity index (χ3n) is 5.09. The summed E-state index contributed by atoms with van der Waals surface area (Å²) in [5.41, 5.74) is 1.18. The summed E-state index contributed by atoms with van der Waals surface area (Å²) in [6.07, 6.45) is 1.41. The Morgan fingerprint density at radius 2 is 2.14 bits per heavy atom. The van der Waals surface area contributed by atoms with Gasteiger partial charge in [-0.1, -0.05) is 0 Å². The monoisotopic (exact) mass is 441 g/mol. The van der Waals surface area contributed by atoms with Crippen molar-refractivity contribution in [1.82, 2.24) is 14.5 Å². The molecular weight excluding hydrogens is 414 g/mol. The van der Waals surface area contributed by atoms with Crippen LogP contribution in [0.15, 0.2) is 33.2 Å². The Hall–Kier alpha value is -1.26. The minimum Gasteiger partial charge on any atom is -0.354 e. The van der Waals surface area contributed by atoms with Gasteiger partial charge in [0.05, 0.1) is 12.0 Å². The van der Waals surface area contributed by atoms with Gasteiger partial charge in [0.2, 0.25) is 5.91 Å². The fraction of sp³-hybridized carbons (Fsp3) is 0.526. The maximum atomic E-state index is 12.9. The molecular formula is C19H27N3O3S3. The van der Waals surface area contributed by atoms with Crippen LogP contribution in [0.4, 0.5) is 0 Å². The van der Waals surface area contributed by atoms with E-state index >= 15 is 0 Å². The number of carbonyl (C=O) groups is 1. The lowest BCUT2D eigenvalue weighted by Crippen LogP contribution is -2.46. The molecule has 2 atom stereocenters. The van der Waals surface area contributed by atoms with E-state index in [0.717, 1.165) is 4.88 Å². The Kier molecular flexibility index (Phi) is 6.93. The lowest BCUT2D eigenvalue weighted by atomic mass is 9.98. The van der Waals surface area contributed by atoms with E-state index < -0.39 is 10.0 Å². The topological polar surface area (TPSA) is 69.7 Å². The molecule has 0 spiro atoms. The number of amides is 1. The van der Waals surface area contributed by atoms with E-state index in [1.165, 1.54) is 21.2 Å². The van der Waals surface area contributed by atoms with Gasteiger partial charge in [-0.15, -0.1) is 11.3 Å². The van der Waals surface area contributed by atoms with Crippen molar-refractivity contribution in [3.8, 4) is 0 Å². The molecule has 28 heavy (non-hydrogen) atoms. The second-order valence-corrected chi connectivity index (χ2v) is 11.6. The maximum absolute atomic E-state index is 12.9. The Morgan fingerprint density at radius 1 is 1.36 bits per heavy atom. The molecule has 6 nitrogen and oxygen atoms in total. The zero-order valence-electron chi connectivity index (χ0n) is 16.4. The van der Waals surface area contributed by atoms with Crippen molar-refractivity contribution in [3.05, 3.63) is 39.4 Å². The van der Waals surface area contributed by atoms with Gasteiger partial charge in [0, 0.05) is 24.5 Å².